The van der Waals surface area contributed by atoms with Gasteiger partial charge in [-0.05, 0) is 30.7 Å². The first-order valence-corrected chi connectivity index (χ1v) is 8.97. The standard InChI is InChI=1S/C19H23N5O3/c1-2-27-19(26)24-10-8-23(9-11-24)16-5-6-17(21-14-16)18(25)22-13-15-4-3-7-20-12-15/h3-7,12,14H,2,8-11,13H2,1H3,(H,22,25). The van der Waals surface area contributed by atoms with Crippen molar-refractivity contribution >= 4 is 17.7 Å². The molecule has 0 atom stereocenters. The number of hydrogen-bond acceptors (Lipinski definition) is 6. The van der Waals surface area contributed by atoms with E-state index in [4.69, 9.17) is 4.74 Å². The Balaban J connectivity index is 1.51. The SMILES string of the molecule is CCOC(=O)N1CCN(c2ccc(C(=O)NCc3cccnc3)nc2)CC1. The van der Waals surface area contributed by atoms with Crippen LogP contribution in [0, 0.1) is 0 Å². The Bertz CT molecular complexity index is 759. The van der Waals surface area contributed by atoms with Gasteiger partial charge in [0.15, 0.2) is 0 Å². The lowest BCUT2D eigenvalue weighted by Crippen LogP contribution is -2.49. The number of aromatic nitrogens is 2. The summed E-state index contributed by atoms with van der Waals surface area (Å²) in [7, 11) is 0. The third kappa shape index (κ3) is 4.93. The maximum Gasteiger partial charge on any atom is 0.409 e. The van der Waals surface area contributed by atoms with Crippen molar-refractivity contribution in [1.82, 2.24) is 20.2 Å². The Hall–Kier alpha value is -3.16. The summed E-state index contributed by atoms with van der Waals surface area (Å²) < 4.78 is 5.03. The number of anilines is 1. The van der Waals surface area contributed by atoms with Gasteiger partial charge in [0.2, 0.25) is 0 Å². The number of carbonyl (C=O) groups is 2. The van der Waals surface area contributed by atoms with Gasteiger partial charge in [0, 0.05) is 45.1 Å². The van der Waals surface area contributed by atoms with Crippen LogP contribution in [0.5, 0.6) is 0 Å². The topological polar surface area (TPSA) is 87.7 Å². The number of ether oxygens (including phenoxy) is 1. The predicted octanol–water partition coefficient (Wildman–Crippen LogP) is 1.69. The maximum absolute atomic E-state index is 12.2. The molecule has 0 unspecified atom stereocenters. The second-order valence-electron chi connectivity index (χ2n) is 6.12. The molecule has 2 amide bonds. The zero-order valence-corrected chi connectivity index (χ0v) is 15.3. The molecular weight excluding hydrogens is 346 g/mol. The van der Waals surface area contributed by atoms with E-state index >= 15 is 0 Å². The molecule has 1 aliphatic rings. The first-order chi connectivity index (χ1) is 13.2. The van der Waals surface area contributed by atoms with Gasteiger partial charge < -0.3 is 19.9 Å². The van der Waals surface area contributed by atoms with Crippen LogP contribution >= 0.6 is 0 Å². The zero-order chi connectivity index (χ0) is 19.1. The van der Waals surface area contributed by atoms with Crippen LogP contribution in [-0.4, -0.2) is 59.7 Å². The molecule has 142 valence electrons. The molecule has 2 aromatic rings. The van der Waals surface area contributed by atoms with Crippen molar-refractivity contribution in [1.29, 1.82) is 0 Å². The highest BCUT2D eigenvalue weighted by Crippen LogP contribution is 2.16. The summed E-state index contributed by atoms with van der Waals surface area (Å²) in [6.07, 6.45) is 4.83. The van der Waals surface area contributed by atoms with Crippen molar-refractivity contribution in [2.75, 3.05) is 37.7 Å². The Morgan fingerprint density at radius 2 is 1.96 bits per heavy atom. The highest BCUT2D eigenvalue weighted by molar-refractivity contribution is 5.92. The van der Waals surface area contributed by atoms with E-state index in [2.05, 4.69) is 20.2 Å². The summed E-state index contributed by atoms with van der Waals surface area (Å²) in [4.78, 5) is 36.1. The van der Waals surface area contributed by atoms with Gasteiger partial charge in [-0.3, -0.25) is 9.78 Å². The highest BCUT2D eigenvalue weighted by atomic mass is 16.6. The van der Waals surface area contributed by atoms with E-state index in [-0.39, 0.29) is 12.0 Å². The summed E-state index contributed by atoms with van der Waals surface area (Å²) in [5.41, 5.74) is 2.23. The van der Waals surface area contributed by atoms with Crippen molar-refractivity contribution in [2.24, 2.45) is 0 Å². The maximum atomic E-state index is 12.2. The summed E-state index contributed by atoms with van der Waals surface area (Å²) >= 11 is 0. The average Bonchev–Trinajstić information content (AvgIpc) is 2.73. The van der Waals surface area contributed by atoms with Gasteiger partial charge in [0.05, 0.1) is 18.5 Å². The van der Waals surface area contributed by atoms with Gasteiger partial charge in [0.1, 0.15) is 5.69 Å². The van der Waals surface area contributed by atoms with Crippen LogP contribution in [-0.2, 0) is 11.3 Å². The number of carbonyl (C=O) groups excluding carboxylic acids is 2. The fourth-order valence-corrected chi connectivity index (χ4v) is 2.85. The molecule has 8 nitrogen and oxygen atoms in total. The lowest BCUT2D eigenvalue weighted by molar-refractivity contribution is 0.0945. The summed E-state index contributed by atoms with van der Waals surface area (Å²) in [6, 6.07) is 7.33. The van der Waals surface area contributed by atoms with Crippen LogP contribution in [0.3, 0.4) is 0 Å². The molecule has 0 radical (unpaired) electrons. The molecule has 1 fully saturated rings. The molecule has 0 saturated carbocycles. The lowest BCUT2D eigenvalue weighted by Gasteiger charge is -2.35. The smallest absolute Gasteiger partial charge is 0.409 e. The molecule has 1 N–H and O–H groups in total. The van der Waals surface area contributed by atoms with Gasteiger partial charge in [-0.1, -0.05) is 6.07 Å². The Labute approximate surface area is 158 Å². The van der Waals surface area contributed by atoms with E-state index in [0.29, 0.717) is 45.0 Å². The third-order valence-corrected chi connectivity index (χ3v) is 4.33. The molecule has 0 aliphatic carbocycles. The largest absolute Gasteiger partial charge is 0.450 e. The van der Waals surface area contributed by atoms with Crippen LogP contribution in [0.25, 0.3) is 0 Å². The van der Waals surface area contributed by atoms with E-state index < -0.39 is 0 Å². The van der Waals surface area contributed by atoms with Gasteiger partial charge in [0.25, 0.3) is 5.91 Å². The highest BCUT2D eigenvalue weighted by Gasteiger charge is 2.22. The molecule has 0 spiro atoms. The van der Waals surface area contributed by atoms with Gasteiger partial charge in [-0.25, -0.2) is 9.78 Å². The quantitative estimate of drug-likeness (QED) is 0.863. The van der Waals surface area contributed by atoms with Crippen LogP contribution < -0.4 is 10.2 Å². The number of piperazine rings is 1. The summed E-state index contributed by atoms with van der Waals surface area (Å²) in [6.45, 7) is 5.20. The number of amides is 2. The minimum Gasteiger partial charge on any atom is -0.450 e. The van der Waals surface area contributed by atoms with E-state index in [9.17, 15) is 9.59 Å². The predicted molar refractivity (Wildman–Crippen MR) is 100 cm³/mol. The first kappa shape index (κ1) is 18.6. The Kier molecular flexibility index (Phi) is 6.19. The average molecular weight is 369 g/mol. The van der Waals surface area contributed by atoms with Crippen LogP contribution in [0.15, 0.2) is 42.9 Å². The monoisotopic (exact) mass is 369 g/mol. The lowest BCUT2D eigenvalue weighted by atomic mass is 10.2. The Morgan fingerprint density at radius 1 is 1.15 bits per heavy atom. The molecule has 27 heavy (non-hydrogen) atoms. The fourth-order valence-electron chi connectivity index (χ4n) is 2.85. The number of rotatable bonds is 5. The van der Waals surface area contributed by atoms with E-state index in [1.54, 1.807) is 36.5 Å². The second kappa shape index (κ2) is 8.98. The van der Waals surface area contributed by atoms with Crippen LogP contribution in [0.1, 0.15) is 23.0 Å². The molecule has 3 rings (SSSR count). The van der Waals surface area contributed by atoms with Crippen molar-refractivity contribution in [2.45, 2.75) is 13.5 Å². The van der Waals surface area contributed by atoms with Crippen molar-refractivity contribution in [3.63, 3.8) is 0 Å². The number of pyridine rings is 2. The molecule has 1 aliphatic heterocycles. The van der Waals surface area contributed by atoms with Gasteiger partial charge in [-0.15, -0.1) is 0 Å². The molecule has 2 aromatic heterocycles. The van der Waals surface area contributed by atoms with Gasteiger partial charge in [-0.2, -0.15) is 0 Å². The van der Waals surface area contributed by atoms with Crippen LogP contribution in [0.4, 0.5) is 10.5 Å². The van der Waals surface area contributed by atoms with Gasteiger partial charge >= 0.3 is 6.09 Å². The van der Waals surface area contributed by atoms with Crippen molar-refractivity contribution in [3.05, 3.63) is 54.1 Å². The molecule has 8 heteroatoms. The van der Waals surface area contributed by atoms with Crippen molar-refractivity contribution in [3.8, 4) is 0 Å². The molecule has 1 saturated heterocycles. The minimum absolute atomic E-state index is 0.225. The van der Waals surface area contributed by atoms with E-state index in [0.717, 1.165) is 11.3 Å². The number of hydrogen-bond donors (Lipinski definition) is 1. The Morgan fingerprint density at radius 3 is 2.59 bits per heavy atom. The minimum atomic E-state index is -0.268. The fraction of sp³-hybridized carbons (Fsp3) is 0.368. The molecular formula is C19H23N5O3. The molecule has 3 heterocycles. The normalized spacial score (nSPS) is 14.0. The summed E-state index contributed by atoms with van der Waals surface area (Å²) in [5, 5.41) is 2.83. The zero-order valence-electron chi connectivity index (χ0n) is 15.3. The third-order valence-electron chi connectivity index (χ3n) is 4.33. The first-order valence-electron chi connectivity index (χ1n) is 8.97. The summed E-state index contributed by atoms with van der Waals surface area (Å²) in [5.74, 6) is -0.225. The van der Waals surface area contributed by atoms with Crippen LogP contribution in [0.2, 0.25) is 0 Å². The molecule has 0 aromatic carbocycles. The van der Waals surface area contributed by atoms with Crippen molar-refractivity contribution < 1.29 is 14.3 Å². The number of nitrogens with zero attached hydrogens (tertiary/aromatic N) is 4. The molecule has 0 bridgehead atoms. The van der Waals surface area contributed by atoms with E-state index in [1.165, 1.54) is 0 Å². The second-order valence-corrected chi connectivity index (χ2v) is 6.12. The number of nitrogens with one attached hydrogen (secondary N) is 1. The van der Waals surface area contributed by atoms with E-state index in [1.807, 2.05) is 18.2 Å².